The molecule has 0 saturated carbocycles. The molecular formula is C6H5I2P. The smallest absolute Gasteiger partial charge is 0.0335 e. The Hall–Kier alpha value is 1.11. The number of hydrogen-bond donors (Lipinski definition) is 0. The van der Waals surface area contributed by atoms with Crippen LogP contribution in [0.1, 0.15) is 0 Å². The van der Waals surface area contributed by atoms with Crippen LogP contribution >= 0.6 is 54.4 Å². The van der Waals surface area contributed by atoms with E-state index in [0.29, 0.717) is 0 Å². The molecule has 1 rings (SSSR count). The normalized spacial score (nSPS) is 9.67. The Kier molecular flexibility index (Phi) is 3.18. The van der Waals surface area contributed by atoms with Crippen LogP contribution in [0.2, 0.25) is 0 Å². The van der Waals surface area contributed by atoms with Crippen LogP contribution in [0.5, 0.6) is 0 Å². The van der Waals surface area contributed by atoms with E-state index in [2.05, 4.69) is 72.6 Å². The Bertz CT molecular complexity index is 202. The molecule has 1 aromatic carbocycles. The summed E-state index contributed by atoms with van der Waals surface area (Å²) < 4.78 is 2.65. The molecule has 3 heteroatoms. The summed E-state index contributed by atoms with van der Waals surface area (Å²) in [6, 6.07) is 6.26. The molecule has 0 aliphatic rings. The van der Waals surface area contributed by atoms with E-state index in [9.17, 15) is 0 Å². The minimum Gasteiger partial charge on any atom is -0.104 e. The van der Waals surface area contributed by atoms with Crippen LogP contribution in [-0.4, -0.2) is 0 Å². The topological polar surface area (TPSA) is 0 Å². The quantitative estimate of drug-likeness (QED) is 0.492. The van der Waals surface area contributed by atoms with Crippen molar-refractivity contribution in [3.63, 3.8) is 0 Å². The van der Waals surface area contributed by atoms with Gasteiger partial charge in [-0.15, -0.1) is 9.24 Å². The molecule has 0 spiro atoms. The molecule has 9 heavy (non-hydrogen) atoms. The Morgan fingerprint density at radius 2 is 1.89 bits per heavy atom. The summed E-state index contributed by atoms with van der Waals surface area (Å²) in [5.41, 5.74) is 0. The van der Waals surface area contributed by atoms with Crippen LogP contribution < -0.4 is 5.30 Å². The van der Waals surface area contributed by atoms with Gasteiger partial charge in [0.1, 0.15) is 0 Å². The third kappa shape index (κ3) is 2.02. The molecule has 0 N–H and O–H groups in total. The van der Waals surface area contributed by atoms with Gasteiger partial charge < -0.3 is 0 Å². The van der Waals surface area contributed by atoms with E-state index in [1.807, 2.05) is 0 Å². The molecule has 1 aromatic rings. The predicted octanol–water partition coefficient (Wildman–Crippen LogP) is 2.40. The van der Waals surface area contributed by atoms with Crippen LogP contribution in [-0.2, 0) is 0 Å². The van der Waals surface area contributed by atoms with Crippen LogP contribution in [0.3, 0.4) is 0 Å². The maximum Gasteiger partial charge on any atom is 0.0335 e. The molecule has 1 atom stereocenters. The molecule has 0 nitrogen and oxygen atoms in total. The molecule has 1 unspecified atom stereocenters. The lowest BCUT2D eigenvalue weighted by Gasteiger charge is -1.97. The van der Waals surface area contributed by atoms with Crippen molar-refractivity contribution in [3.8, 4) is 0 Å². The first-order valence-electron chi connectivity index (χ1n) is 2.41. The summed E-state index contributed by atoms with van der Waals surface area (Å²) in [5, 5.41) is 1.28. The number of hydrogen-bond acceptors (Lipinski definition) is 0. The third-order valence-electron chi connectivity index (χ3n) is 0.981. The lowest BCUT2D eigenvalue weighted by molar-refractivity contribution is 1.64. The molecule has 0 fully saturated rings. The Balaban J connectivity index is 3.25. The first-order valence-corrected chi connectivity index (χ1v) is 5.15. The maximum absolute atomic E-state index is 2.71. The minimum atomic E-state index is 1.28. The fraction of sp³-hybridized carbons (Fsp3) is 0. The van der Waals surface area contributed by atoms with E-state index in [1.165, 1.54) is 12.4 Å². The molecule has 0 aromatic heterocycles. The van der Waals surface area contributed by atoms with E-state index in [0.717, 1.165) is 0 Å². The summed E-state index contributed by atoms with van der Waals surface area (Å²) in [6.45, 7) is 0. The maximum atomic E-state index is 2.71. The van der Waals surface area contributed by atoms with Crippen molar-refractivity contribution in [2.75, 3.05) is 0 Å². The Morgan fingerprint density at radius 3 is 2.33 bits per heavy atom. The predicted molar refractivity (Wildman–Crippen MR) is 61.2 cm³/mol. The highest BCUT2D eigenvalue weighted by Crippen LogP contribution is 2.13. The molecular weight excluding hydrogens is 357 g/mol. The van der Waals surface area contributed by atoms with E-state index in [4.69, 9.17) is 0 Å². The highest BCUT2D eigenvalue weighted by Gasteiger charge is 1.95. The fourth-order valence-electron chi connectivity index (χ4n) is 0.520. The first kappa shape index (κ1) is 8.21. The van der Waals surface area contributed by atoms with Crippen LogP contribution in [0, 0.1) is 7.14 Å². The summed E-state index contributed by atoms with van der Waals surface area (Å²) in [4.78, 5) is 0. The van der Waals surface area contributed by atoms with Gasteiger partial charge in [-0.1, -0.05) is 12.1 Å². The van der Waals surface area contributed by atoms with Gasteiger partial charge in [0.05, 0.1) is 0 Å². The van der Waals surface area contributed by atoms with Gasteiger partial charge in [0.15, 0.2) is 0 Å². The average molecular weight is 362 g/mol. The molecule has 0 saturated heterocycles. The highest BCUT2D eigenvalue weighted by atomic mass is 127. The van der Waals surface area contributed by atoms with Gasteiger partial charge in [0, 0.05) is 7.14 Å². The van der Waals surface area contributed by atoms with Gasteiger partial charge in [0.25, 0.3) is 0 Å². The van der Waals surface area contributed by atoms with Crippen molar-refractivity contribution in [3.05, 3.63) is 25.3 Å². The number of benzene rings is 1. The zero-order valence-corrected chi connectivity index (χ0v) is 10.0. The summed E-state index contributed by atoms with van der Waals surface area (Å²) in [5.74, 6) is 0. The summed E-state index contributed by atoms with van der Waals surface area (Å²) in [6.07, 6.45) is 0. The Labute approximate surface area is 84.3 Å². The summed E-state index contributed by atoms with van der Waals surface area (Å²) >= 11 is 4.67. The van der Waals surface area contributed by atoms with E-state index in [1.54, 1.807) is 0 Å². The first-order chi connectivity index (χ1) is 4.22. The molecule has 0 heterocycles. The monoisotopic (exact) mass is 362 g/mol. The van der Waals surface area contributed by atoms with Crippen molar-refractivity contribution in [1.29, 1.82) is 0 Å². The van der Waals surface area contributed by atoms with E-state index in [-0.39, 0.29) is 0 Å². The van der Waals surface area contributed by atoms with E-state index >= 15 is 0 Å². The van der Waals surface area contributed by atoms with Crippen molar-refractivity contribution < 1.29 is 0 Å². The second-order valence-electron chi connectivity index (χ2n) is 1.64. The number of rotatable bonds is 0. The van der Waals surface area contributed by atoms with Crippen molar-refractivity contribution in [1.82, 2.24) is 0 Å². The van der Waals surface area contributed by atoms with Crippen LogP contribution in [0.15, 0.2) is 18.2 Å². The second-order valence-corrected chi connectivity index (χ2v) is 4.51. The van der Waals surface area contributed by atoms with Crippen molar-refractivity contribution >= 4 is 59.7 Å². The molecule has 0 bridgehead atoms. The van der Waals surface area contributed by atoms with Gasteiger partial charge in [-0.3, -0.25) is 0 Å². The standard InChI is InChI=1S/C6H5I2P/c7-4-2-1-3-5(9)6(4)8/h1-3H,9H2. The van der Waals surface area contributed by atoms with Crippen LogP contribution in [0.4, 0.5) is 0 Å². The fourth-order valence-corrected chi connectivity index (χ4v) is 1.96. The zero-order chi connectivity index (χ0) is 6.85. The molecule has 48 valence electrons. The van der Waals surface area contributed by atoms with Crippen molar-refractivity contribution in [2.24, 2.45) is 0 Å². The van der Waals surface area contributed by atoms with E-state index < -0.39 is 0 Å². The summed E-state index contributed by atoms with van der Waals surface area (Å²) in [7, 11) is 2.71. The lowest BCUT2D eigenvalue weighted by atomic mass is 10.4. The molecule has 0 radical (unpaired) electrons. The third-order valence-corrected chi connectivity index (χ3v) is 5.19. The van der Waals surface area contributed by atoms with Gasteiger partial charge in [-0.25, -0.2) is 0 Å². The molecule has 0 aliphatic carbocycles. The lowest BCUT2D eigenvalue weighted by Crippen LogP contribution is -1.97. The zero-order valence-electron chi connectivity index (χ0n) is 4.57. The van der Waals surface area contributed by atoms with Crippen molar-refractivity contribution in [2.45, 2.75) is 0 Å². The van der Waals surface area contributed by atoms with Gasteiger partial charge in [0.2, 0.25) is 0 Å². The van der Waals surface area contributed by atoms with Gasteiger partial charge in [-0.2, -0.15) is 0 Å². The second kappa shape index (κ2) is 3.49. The van der Waals surface area contributed by atoms with Gasteiger partial charge in [-0.05, 0) is 56.6 Å². The minimum absolute atomic E-state index is 1.28. The van der Waals surface area contributed by atoms with Gasteiger partial charge >= 0.3 is 0 Å². The largest absolute Gasteiger partial charge is 0.104 e. The molecule has 0 amide bonds. The van der Waals surface area contributed by atoms with Crippen LogP contribution in [0.25, 0.3) is 0 Å². The highest BCUT2D eigenvalue weighted by molar-refractivity contribution is 14.1. The average Bonchev–Trinajstić information content (AvgIpc) is 1.83. The SMILES string of the molecule is Pc1cccc(I)c1I. The number of halogens is 2. The Morgan fingerprint density at radius 1 is 1.22 bits per heavy atom. The molecule has 0 aliphatic heterocycles.